The number of benzene rings is 1. The van der Waals surface area contributed by atoms with Gasteiger partial charge in [0, 0.05) is 23.7 Å². The summed E-state index contributed by atoms with van der Waals surface area (Å²) in [7, 11) is 1.84. The molecule has 3 rings (SSSR count). The highest BCUT2D eigenvalue weighted by atomic mass is 32.1. The Kier molecular flexibility index (Phi) is 3.63. The standard InChI is InChI=1S/C16H20N2O2S/c1-9-4-5-13-11(8-9)14(17)15(21-13)16(19)18(3)12-6-7-20-10(12)2/h4-5,8,10,12H,6-7,17H2,1-3H3. The van der Waals surface area contributed by atoms with Crippen LogP contribution in [0.15, 0.2) is 18.2 Å². The molecule has 1 fully saturated rings. The summed E-state index contributed by atoms with van der Waals surface area (Å²) in [5.74, 6) is -0.00583. The maximum atomic E-state index is 12.8. The monoisotopic (exact) mass is 304 g/mol. The van der Waals surface area contributed by atoms with Gasteiger partial charge in [-0.05, 0) is 32.4 Å². The minimum atomic E-state index is -0.00583. The molecule has 1 saturated heterocycles. The lowest BCUT2D eigenvalue weighted by Gasteiger charge is -2.26. The van der Waals surface area contributed by atoms with E-state index in [2.05, 4.69) is 0 Å². The maximum Gasteiger partial charge on any atom is 0.266 e. The van der Waals surface area contributed by atoms with Gasteiger partial charge < -0.3 is 15.4 Å². The van der Waals surface area contributed by atoms with E-state index in [0.29, 0.717) is 17.2 Å². The second kappa shape index (κ2) is 5.31. The SMILES string of the molecule is Cc1ccc2sc(C(=O)N(C)C3CCOC3C)c(N)c2c1. The normalized spacial score (nSPS) is 21.9. The van der Waals surface area contributed by atoms with E-state index in [4.69, 9.17) is 10.5 Å². The van der Waals surface area contributed by atoms with Gasteiger partial charge in [-0.2, -0.15) is 0 Å². The average molecular weight is 304 g/mol. The van der Waals surface area contributed by atoms with E-state index < -0.39 is 0 Å². The number of fused-ring (bicyclic) bond motifs is 1. The van der Waals surface area contributed by atoms with E-state index in [1.807, 2.05) is 39.1 Å². The first kappa shape index (κ1) is 14.4. The van der Waals surface area contributed by atoms with E-state index >= 15 is 0 Å². The van der Waals surface area contributed by atoms with Gasteiger partial charge in [0.2, 0.25) is 0 Å². The number of aryl methyl sites for hydroxylation is 1. The molecule has 2 unspecified atom stereocenters. The number of thiophene rings is 1. The third kappa shape index (κ3) is 2.40. The van der Waals surface area contributed by atoms with Gasteiger partial charge in [-0.3, -0.25) is 4.79 Å². The molecule has 112 valence electrons. The zero-order chi connectivity index (χ0) is 15.1. The van der Waals surface area contributed by atoms with Gasteiger partial charge in [0.25, 0.3) is 5.91 Å². The summed E-state index contributed by atoms with van der Waals surface area (Å²) in [6.45, 7) is 4.76. The highest BCUT2D eigenvalue weighted by molar-refractivity contribution is 7.21. The van der Waals surface area contributed by atoms with Crippen LogP contribution >= 0.6 is 11.3 Å². The van der Waals surface area contributed by atoms with Crippen LogP contribution in [-0.4, -0.2) is 36.6 Å². The van der Waals surface area contributed by atoms with E-state index in [1.165, 1.54) is 11.3 Å². The van der Waals surface area contributed by atoms with Gasteiger partial charge in [-0.15, -0.1) is 11.3 Å². The number of carbonyl (C=O) groups excluding carboxylic acids is 1. The first-order valence-corrected chi connectivity index (χ1v) is 7.98. The number of ether oxygens (including phenoxy) is 1. The molecule has 0 bridgehead atoms. The fourth-order valence-corrected chi connectivity index (χ4v) is 4.02. The van der Waals surface area contributed by atoms with Crippen LogP contribution < -0.4 is 5.73 Å². The molecule has 1 aliphatic heterocycles. The third-order valence-electron chi connectivity index (χ3n) is 4.23. The van der Waals surface area contributed by atoms with E-state index in [0.717, 1.165) is 22.1 Å². The van der Waals surface area contributed by atoms with Crippen LogP contribution in [0.25, 0.3) is 10.1 Å². The van der Waals surface area contributed by atoms with E-state index in [-0.39, 0.29) is 18.1 Å². The molecule has 2 heterocycles. The lowest BCUT2D eigenvalue weighted by molar-refractivity contribution is 0.0579. The van der Waals surface area contributed by atoms with Crippen molar-refractivity contribution in [2.24, 2.45) is 0 Å². The molecule has 2 N–H and O–H groups in total. The van der Waals surface area contributed by atoms with Crippen LogP contribution in [0.1, 0.15) is 28.6 Å². The molecule has 0 spiro atoms. The first-order chi connectivity index (χ1) is 9.99. The number of hydrogen-bond acceptors (Lipinski definition) is 4. The van der Waals surface area contributed by atoms with Gasteiger partial charge in [0.05, 0.1) is 17.8 Å². The Hall–Kier alpha value is -1.59. The highest BCUT2D eigenvalue weighted by Gasteiger charge is 2.32. The average Bonchev–Trinajstić information content (AvgIpc) is 3.02. The molecule has 5 heteroatoms. The predicted molar refractivity (Wildman–Crippen MR) is 86.9 cm³/mol. The lowest BCUT2D eigenvalue weighted by atomic mass is 10.1. The molecular formula is C16H20N2O2S. The van der Waals surface area contributed by atoms with Crippen molar-refractivity contribution in [2.75, 3.05) is 19.4 Å². The maximum absolute atomic E-state index is 12.8. The molecule has 2 aromatic rings. The Morgan fingerprint density at radius 1 is 1.48 bits per heavy atom. The van der Waals surface area contributed by atoms with Gasteiger partial charge in [0.15, 0.2) is 0 Å². The summed E-state index contributed by atoms with van der Waals surface area (Å²) in [6, 6.07) is 6.25. The van der Waals surface area contributed by atoms with Crippen molar-refractivity contribution < 1.29 is 9.53 Å². The predicted octanol–water partition coefficient (Wildman–Crippen LogP) is 3.04. The van der Waals surface area contributed by atoms with Gasteiger partial charge in [-0.25, -0.2) is 0 Å². The van der Waals surface area contributed by atoms with Crippen molar-refractivity contribution in [3.8, 4) is 0 Å². The number of carbonyl (C=O) groups is 1. The molecule has 1 aromatic carbocycles. The topological polar surface area (TPSA) is 55.6 Å². The Labute approximate surface area is 128 Å². The minimum absolute atomic E-state index is 0.00583. The highest BCUT2D eigenvalue weighted by Crippen LogP contribution is 2.35. The zero-order valence-corrected chi connectivity index (χ0v) is 13.4. The summed E-state index contributed by atoms with van der Waals surface area (Å²) >= 11 is 1.47. The Balaban J connectivity index is 1.96. The molecule has 21 heavy (non-hydrogen) atoms. The van der Waals surface area contributed by atoms with Crippen molar-refractivity contribution in [1.82, 2.24) is 4.90 Å². The Morgan fingerprint density at radius 2 is 2.24 bits per heavy atom. The number of nitrogens with two attached hydrogens (primary N) is 1. The summed E-state index contributed by atoms with van der Waals surface area (Å²) in [5.41, 5.74) is 7.96. The van der Waals surface area contributed by atoms with Crippen molar-refractivity contribution in [3.63, 3.8) is 0 Å². The number of nitrogen functional groups attached to an aromatic ring is 1. The molecule has 0 radical (unpaired) electrons. The summed E-state index contributed by atoms with van der Waals surface area (Å²) < 4.78 is 6.62. The van der Waals surface area contributed by atoms with Crippen LogP contribution in [0.4, 0.5) is 5.69 Å². The summed E-state index contributed by atoms with van der Waals surface area (Å²) in [4.78, 5) is 15.2. The van der Waals surface area contributed by atoms with Crippen LogP contribution in [0.2, 0.25) is 0 Å². The van der Waals surface area contributed by atoms with E-state index in [9.17, 15) is 4.79 Å². The molecule has 1 amide bonds. The van der Waals surface area contributed by atoms with Crippen LogP contribution in [-0.2, 0) is 4.74 Å². The third-order valence-corrected chi connectivity index (χ3v) is 5.40. The fraction of sp³-hybridized carbons (Fsp3) is 0.438. The number of hydrogen-bond donors (Lipinski definition) is 1. The second-order valence-electron chi connectivity index (χ2n) is 5.69. The summed E-state index contributed by atoms with van der Waals surface area (Å²) in [5, 5.41) is 0.979. The first-order valence-electron chi connectivity index (χ1n) is 7.16. The largest absolute Gasteiger partial charge is 0.397 e. The number of anilines is 1. The van der Waals surface area contributed by atoms with Crippen molar-refractivity contribution in [1.29, 1.82) is 0 Å². The number of nitrogens with zero attached hydrogens (tertiary/aromatic N) is 1. The van der Waals surface area contributed by atoms with Gasteiger partial charge in [0.1, 0.15) is 4.88 Å². The lowest BCUT2D eigenvalue weighted by Crippen LogP contribution is -2.40. The molecule has 4 nitrogen and oxygen atoms in total. The smallest absolute Gasteiger partial charge is 0.266 e. The summed E-state index contributed by atoms with van der Waals surface area (Å²) in [6.07, 6.45) is 0.963. The number of likely N-dealkylation sites (N-methyl/N-ethyl adjacent to an activating group) is 1. The molecule has 2 atom stereocenters. The second-order valence-corrected chi connectivity index (χ2v) is 6.74. The Bertz CT molecular complexity index is 695. The zero-order valence-electron chi connectivity index (χ0n) is 12.6. The number of rotatable bonds is 2. The fourth-order valence-electron chi connectivity index (χ4n) is 2.93. The molecule has 0 saturated carbocycles. The molecular weight excluding hydrogens is 284 g/mol. The van der Waals surface area contributed by atoms with E-state index in [1.54, 1.807) is 4.90 Å². The van der Waals surface area contributed by atoms with Crippen LogP contribution in [0, 0.1) is 6.92 Å². The van der Waals surface area contributed by atoms with Crippen molar-refractivity contribution in [2.45, 2.75) is 32.4 Å². The number of amides is 1. The van der Waals surface area contributed by atoms with Crippen LogP contribution in [0.5, 0.6) is 0 Å². The van der Waals surface area contributed by atoms with Gasteiger partial charge in [-0.1, -0.05) is 11.6 Å². The molecule has 1 aromatic heterocycles. The minimum Gasteiger partial charge on any atom is -0.397 e. The molecule has 0 aliphatic carbocycles. The molecule has 1 aliphatic rings. The van der Waals surface area contributed by atoms with Crippen LogP contribution in [0.3, 0.4) is 0 Å². The Morgan fingerprint density at radius 3 is 2.90 bits per heavy atom. The van der Waals surface area contributed by atoms with Gasteiger partial charge >= 0.3 is 0 Å². The van der Waals surface area contributed by atoms with Crippen molar-refractivity contribution >= 4 is 33.0 Å². The van der Waals surface area contributed by atoms with Crippen molar-refractivity contribution in [3.05, 3.63) is 28.6 Å². The quantitative estimate of drug-likeness (QED) is 0.928.